The zero-order chi connectivity index (χ0) is 20.2. The van der Waals surface area contributed by atoms with Crippen molar-refractivity contribution in [1.29, 1.82) is 5.26 Å². The number of anilines is 1. The van der Waals surface area contributed by atoms with E-state index in [4.69, 9.17) is 5.26 Å². The monoisotopic (exact) mass is 385 g/mol. The molecular formula is C20H23N3O3S. The minimum absolute atomic E-state index is 0.0780. The van der Waals surface area contributed by atoms with Gasteiger partial charge < -0.3 is 4.90 Å². The van der Waals surface area contributed by atoms with E-state index in [1.807, 2.05) is 25.1 Å². The van der Waals surface area contributed by atoms with E-state index in [1.54, 1.807) is 38.1 Å². The third-order valence-electron chi connectivity index (χ3n) is 4.19. The van der Waals surface area contributed by atoms with Crippen LogP contribution in [0.1, 0.15) is 29.2 Å². The largest absolute Gasteiger partial charge is 0.311 e. The highest BCUT2D eigenvalue weighted by atomic mass is 32.2. The average molecular weight is 385 g/mol. The van der Waals surface area contributed by atoms with Crippen LogP contribution in [0.25, 0.3) is 0 Å². The van der Waals surface area contributed by atoms with Gasteiger partial charge in [0.2, 0.25) is 15.9 Å². The van der Waals surface area contributed by atoms with Gasteiger partial charge in [0, 0.05) is 25.7 Å². The van der Waals surface area contributed by atoms with Crippen LogP contribution in [0.5, 0.6) is 0 Å². The molecular weight excluding hydrogens is 362 g/mol. The first kappa shape index (κ1) is 20.6. The highest BCUT2D eigenvalue weighted by Gasteiger charge is 2.20. The molecule has 0 aliphatic carbocycles. The summed E-state index contributed by atoms with van der Waals surface area (Å²) >= 11 is 0. The fraction of sp³-hybridized carbons (Fsp3) is 0.300. The number of nitrogens with zero attached hydrogens (tertiary/aromatic N) is 2. The molecule has 0 aromatic heterocycles. The van der Waals surface area contributed by atoms with Gasteiger partial charge in [0.05, 0.1) is 16.5 Å². The lowest BCUT2D eigenvalue weighted by atomic mass is 10.1. The summed E-state index contributed by atoms with van der Waals surface area (Å²) < 4.78 is 28.0. The van der Waals surface area contributed by atoms with Gasteiger partial charge in [0.15, 0.2) is 0 Å². The molecule has 6 nitrogen and oxygen atoms in total. The van der Waals surface area contributed by atoms with Gasteiger partial charge in [-0.2, -0.15) is 5.26 Å². The Bertz CT molecular complexity index is 967. The summed E-state index contributed by atoms with van der Waals surface area (Å²) in [7, 11) is -3.68. The number of sulfonamides is 1. The van der Waals surface area contributed by atoms with Crippen LogP contribution < -0.4 is 9.62 Å². The fourth-order valence-corrected chi connectivity index (χ4v) is 4.61. The van der Waals surface area contributed by atoms with Gasteiger partial charge in [-0.25, -0.2) is 13.1 Å². The molecule has 1 amide bonds. The second-order valence-corrected chi connectivity index (χ2v) is 8.16. The Balaban J connectivity index is 2.14. The van der Waals surface area contributed by atoms with Crippen molar-refractivity contribution in [3.8, 4) is 6.07 Å². The van der Waals surface area contributed by atoms with Crippen molar-refractivity contribution < 1.29 is 13.2 Å². The zero-order valence-electron chi connectivity index (χ0n) is 15.9. The van der Waals surface area contributed by atoms with E-state index in [9.17, 15) is 13.2 Å². The van der Waals surface area contributed by atoms with Crippen LogP contribution in [0.15, 0.2) is 41.3 Å². The summed E-state index contributed by atoms with van der Waals surface area (Å²) in [4.78, 5) is 13.7. The van der Waals surface area contributed by atoms with Crippen molar-refractivity contribution >= 4 is 21.6 Å². The highest BCUT2D eigenvalue weighted by Crippen LogP contribution is 2.21. The smallest absolute Gasteiger partial charge is 0.241 e. The Morgan fingerprint density at radius 2 is 1.67 bits per heavy atom. The van der Waals surface area contributed by atoms with Crippen molar-refractivity contribution in [2.24, 2.45) is 0 Å². The van der Waals surface area contributed by atoms with Crippen LogP contribution >= 0.6 is 0 Å². The topological polar surface area (TPSA) is 90.3 Å². The molecule has 0 bridgehead atoms. The molecule has 0 fully saturated rings. The zero-order valence-corrected chi connectivity index (χ0v) is 16.7. The van der Waals surface area contributed by atoms with Crippen molar-refractivity contribution in [2.75, 3.05) is 18.0 Å². The number of hydrogen-bond donors (Lipinski definition) is 1. The van der Waals surface area contributed by atoms with E-state index >= 15 is 0 Å². The molecule has 27 heavy (non-hydrogen) atoms. The van der Waals surface area contributed by atoms with Crippen LogP contribution in [0, 0.1) is 32.1 Å². The second kappa shape index (κ2) is 8.33. The average Bonchev–Trinajstić information content (AvgIpc) is 2.57. The lowest BCUT2D eigenvalue weighted by molar-refractivity contribution is -0.116. The Morgan fingerprint density at radius 1 is 1.11 bits per heavy atom. The highest BCUT2D eigenvalue weighted by molar-refractivity contribution is 7.89. The Labute approximate surface area is 160 Å². The molecule has 0 saturated heterocycles. The van der Waals surface area contributed by atoms with Crippen LogP contribution in [-0.2, 0) is 14.8 Å². The minimum atomic E-state index is -3.68. The maximum absolute atomic E-state index is 12.7. The van der Waals surface area contributed by atoms with Gasteiger partial charge >= 0.3 is 0 Å². The molecule has 1 N–H and O–H groups in total. The maximum atomic E-state index is 12.7. The van der Waals surface area contributed by atoms with Crippen molar-refractivity contribution in [1.82, 2.24) is 4.72 Å². The number of nitriles is 1. The third-order valence-corrected chi connectivity index (χ3v) is 5.95. The maximum Gasteiger partial charge on any atom is 0.241 e. The number of rotatable bonds is 6. The van der Waals surface area contributed by atoms with Crippen LogP contribution in [0.2, 0.25) is 0 Å². The number of amides is 1. The Kier molecular flexibility index (Phi) is 6.37. The summed E-state index contributed by atoms with van der Waals surface area (Å²) in [6.45, 7) is 7.15. The van der Waals surface area contributed by atoms with Crippen molar-refractivity contribution in [3.05, 3.63) is 58.7 Å². The number of hydrogen-bond acceptors (Lipinski definition) is 4. The predicted molar refractivity (Wildman–Crippen MR) is 105 cm³/mol. The fourth-order valence-electron chi connectivity index (χ4n) is 3.14. The van der Waals surface area contributed by atoms with Gasteiger partial charge in [0.25, 0.3) is 0 Å². The number of carbonyl (C=O) groups excluding carboxylic acids is 1. The van der Waals surface area contributed by atoms with Crippen LogP contribution in [-0.4, -0.2) is 27.4 Å². The second-order valence-electron chi connectivity index (χ2n) is 6.45. The lowest BCUT2D eigenvalue weighted by Gasteiger charge is -2.22. The molecule has 0 heterocycles. The van der Waals surface area contributed by atoms with E-state index in [0.717, 1.165) is 5.56 Å². The first-order valence-electron chi connectivity index (χ1n) is 8.51. The van der Waals surface area contributed by atoms with Gasteiger partial charge in [-0.3, -0.25) is 4.79 Å². The number of nitrogens with one attached hydrogen (secondary N) is 1. The molecule has 0 radical (unpaired) electrons. The van der Waals surface area contributed by atoms with Crippen LogP contribution in [0.3, 0.4) is 0 Å². The van der Waals surface area contributed by atoms with E-state index in [0.29, 0.717) is 22.4 Å². The molecule has 2 aromatic rings. The van der Waals surface area contributed by atoms with E-state index in [1.165, 1.54) is 11.8 Å². The van der Waals surface area contributed by atoms with Crippen LogP contribution in [0.4, 0.5) is 5.69 Å². The first-order chi connectivity index (χ1) is 12.7. The first-order valence-corrected chi connectivity index (χ1v) is 10.00. The number of benzene rings is 2. The Hall–Kier alpha value is -2.69. The quantitative estimate of drug-likeness (QED) is 0.828. The number of aryl methyl sites for hydroxylation is 3. The number of carbonyl (C=O) groups is 1. The lowest BCUT2D eigenvalue weighted by Crippen LogP contribution is -2.37. The van der Waals surface area contributed by atoms with Gasteiger partial charge in [-0.05, 0) is 56.2 Å². The van der Waals surface area contributed by atoms with Crippen molar-refractivity contribution in [2.45, 2.75) is 32.6 Å². The summed E-state index contributed by atoms with van der Waals surface area (Å²) in [5.74, 6) is -0.207. The predicted octanol–water partition coefficient (Wildman–Crippen LogP) is 2.81. The normalized spacial score (nSPS) is 11.1. The molecule has 142 valence electrons. The summed E-state index contributed by atoms with van der Waals surface area (Å²) in [5, 5.41) is 8.87. The molecule has 0 saturated carbocycles. The minimum Gasteiger partial charge on any atom is -0.311 e. The van der Waals surface area contributed by atoms with Gasteiger partial charge in [-0.1, -0.05) is 17.7 Å². The van der Waals surface area contributed by atoms with E-state index in [-0.39, 0.29) is 23.9 Å². The molecule has 0 aliphatic rings. The third kappa shape index (κ3) is 4.94. The Morgan fingerprint density at radius 3 is 2.15 bits per heavy atom. The molecule has 0 spiro atoms. The standard InChI is InChI=1S/C20H23N3O3S/c1-14-11-15(2)20(16(3)12-14)27(25,26)22-9-10-23(17(4)24)19-7-5-18(13-21)6-8-19/h5-8,11-12,22H,9-10H2,1-4H3. The van der Waals surface area contributed by atoms with Gasteiger partial charge in [0.1, 0.15) is 0 Å². The molecule has 2 rings (SSSR count). The van der Waals surface area contributed by atoms with Crippen molar-refractivity contribution in [3.63, 3.8) is 0 Å². The summed E-state index contributed by atoms with van der Waals surface area (Å²) in [5.41, 5.74) is 3.50. The summed E-state index contributed by atoms with van der Waals surface area (Å²) in [6, 6.07) is 12.3. The molecule has 0 aliphatic heterocycles. The SMILES string of the molecule is CC(=O)N(CCNS(=O)(=O)c1c(C)cc(C)cc1C)c1ccc(C#N)cc1. The van der Waals surface area contributed by atoms with Gasteiger partial charge in [-0.15, -0.1) is 0 Å². The molecule has 2 aromatic carbocycles. The van der Waals surface area contributed by atoms with E-state index in [2.05, 4.69) is 4.72 Å². The summed E-state index contributed by atoms with van der Waals surface area (Å²) in [6.07, 6.45) is 0. The molecule has 0 unspecified atom stereocenters. The molecule has 0 atom stereocenters. The van der Waals surface area contributed by atoms with E-state index < -0.39 is 10.0 Å². The molecule has 7 heteroatoms.